The van der Waals surface area contributed by atoms with Crippen LogP contribution >= 0.6 is 24.0 Å². The fraction of sp³-hybridized carbons (Fsp3) is 0.391. The minimum atomic E-state index is -0.0825. The summed E-state index contributed by atoms with van der Waals surface area (Å²) in [5.74, 6) is 0.648. The highest BCUT2D eigenvalue weighted by Crippen LogP contribution is 2.23. The Kier molecular flexibility index (Phi) is 9.42. The van der Waals surface area contributed by atoms with Gasteiger partial charge in [0.2, 0.25) is 0 Å². The summed E-state index contributed by atoms with van der Waals surface area (Å²) in [7, 11) is 3.41. The van der Waals surface area contributed by atoms with Gasteiger partial charge < -0.3 is 20.9 Å². The van der Waals surface area contributed by atoms with Crippen LogP contribution in [0.3, 0.4) is 0 Å². The van der Waals surface area contributed by atoms with Crippen molar-refractivity contribution in [2.45, 2.75) is 32.4 Å². The summed E-state index contributed by atoms with van der Waals surface area (Å²) in [6.07, 6.45) is 2.55. The Morgan fingerprint density at radius 2 is 1.87 bits per heavy atom. The number of guanidine groups is 1. The van der Waals surface area contributed by atoms with Gasteiger partial charge in [-0.1, -0.05) is 24.3 Å². The number of rotatable bonds is 6. The number of halogens is 1. The lowest BCUT2D eigenvalue weighted by atomic mass is 10.1. The Labute approximate surface area is 196 Å². The molecular weight excluding hydrogens is 489 g/mol. The predicted octanol–water partition coefficient (Wildman–Crippen LogP) is 3.69. The normalized spacial score (nSPS) is 14.6. The van der Waals surface area contributed by atoms with E-state index >= 15 is 0 Å². The third-order valence-electron chi connectivity index (χ3n) is 5.29. The average Bonchev–Trinajstić information content (AvgIpc) is 3.31. The number of aliphatic imine (C=N–C) groups is 1. The number of anilines is 1. The zero-order valence-electron chi connectivity index (χ0n) is 17.9. The smallest absolute Gasteiger partial charge is 0.251 e. The second kappa shape index (κ2) is 11.8. The fourth-order valence-electron chi connectivity index (χ4n) is 3.60. The molecule has 2 aromatic rings. The average molecular weight is 521 g/mol. The molecule has 3 N–H and O–H groups in total. The predicted molar refractivity (Wildman–Crippen MR) is 135 cm³/mol. The van der Waals surface area contributed by atoms with E-state index in [0.717, 1.165) is 24.6 Å². The van der Waals surface area contributed by atoms with Crippen LogP contribution in [0.4, 0.5) is 5.69 Å². The van der Waals surface area contributed by atoms with Crippen molar-refractivity contribution >= 4 is 41.5 Å². The molecule has 1 fully saturated rings. The first-order valence-electron chi connectivity index (χ1n) is 10.2. The summed E-state index contributed by atoms with van der Waals surface area (Å²) in [5, 5.41) is 9.45. The van der Waals surface area contributed by atoms with Gasteiger partial charge in [-0.15, -0.1) is 24.0 Å². The molecule has 1 aliphatic rings. The molecular formula is C23H32IN5O. The molecule has 7 heteroatoms. The molecule has 6 nitrogen and oxygen atoms in total. The highest BCUT2D eigenvalue weighted by atomic mass is 127. The lowest BCUT2D eigenvalue weighted by molar-refractivity contribution is 0.0963. The Hall–Kier alpha value is -2.29. The fourth-order valence-corrected chi connectivity index (χ4v) is 3.60. The Morgan fingerprint density at radius 3 is 2.57 bits per heavy atom. The molecule has 162 valence electrons. The van der Waals surface area contributed by atoms with Crippen molar-refractivity contribution in [1.82, 2.24) is 16.0 Å². The van der Waals surface area contributed by atoms with E-state index in [-0.39, 0.29) is 35.9 Å². The van der Waals surface area contributed by atoms with Gasteiger partial charge in [-0.05, 0) is 55.2 Å². The van der Waals surface area contributed by atoms with Crippen LogP contribution in [0.15, 0.2) is 53.5 Å². The van der Waals surface area contributed by atoms with E-state index in [0.29, 0.717) is 12.1 Å². The third-order valence-corrected chi connectivity index (χ3v) is 5.29. The maximum absolute atomic E-state index is 11.8. The van der Waals surface area contributed by atoms with Crippen molar-refractivity contribution in [3.8, 4) is 0 Å². The molecule has 1 heterocycles. The summed E-state index contributed by atoms with van der Waals surface area (Å²) in [6.45, 7) is 5.01. The first kappa shape index (κ1) is 24.0. The van der Waals surface area contributed by atoms with Gasteiger partial charge in [0.05, 0.1) is 6.04 Å². The van der Waals surface area contributed by atoms with Crippen LogP contribution in [0.25, 0.3) is 0 Å². The minimum absolute atomic E-state index is 0. The topological polar surface area (TPSA) is 68.8 Å². The SMILES string of the molecule is CN=C(NCc1cccc(C(=O)NC)c1)NC(C)c1cccc(N2CCCC2)c1.I. The molecule has 0 aromatic heterocycles. The second-order valence-corrected chi connectivity index (χ2v) is 7.36. The van der Waals surface area contributed by atoms with Gasteiger partial charge in [-0.3, -0.25) is 9.79 Å². The largest absolute Gasteiger partial charge is 0.372 e. The first-order chi connectivity index (χ1) is 14.1. The van der Waals surface area contributed by atoms with E-state index in [1.165, 1.54) is 24.1 Å². The van der Waals surface area contributed by atoms with Gasteiger partial charge in [0.25, 0.3) is 5.91 Å². The lowest BCUT2D eigenvalue weighted by Gasteiger charge is -2.22. The van der Waals surface area contributed by atoms with Crippen LogP contribution in [-0.4, -0.2) is 39.1 Å². The summed E-state index contributed by atoms with van der Waals surface area (Å²) in [5.41, 5.74) is 4.21. The number of hydrogen-bond donors (Lipinski definition) is 3. The second-order valence-electron chi connectivity index (χ2n) is 7.36. The molecule has 1 amide bonds. The van der Waals surface area contributed by atoms with Crippen molar-refractivity contribution in [3.63, 3.8) is 0 Å². The minimum Gasteiger partial charge on any atom is -0.372 e. The van der Waals surface area contributed by atoms with Crippen LogP contribution in [-0.2, 0) is 6.54 Å². The molecule has 2 aromatic carbocycles. The summed E-state index contributed by atoms with van der Waals surface area (Å²) < 4.78 is 0. The number of carbonyl (C=O) groups excluding carboxylic acids is 1. The lowest BCUT2D eigenvalue weighted by Crippen LogP contribution is -2.38. The van der Waals surface area contributed by atoms with Gasteiger partial charge in [0.15, 0.2) is 5.96 Å². The molecule has 3 rings (SSSR count). The molecule has 1 saturated heterocycles. The van der Waals surface area contributed by atoms with E-state index in [1.54, 1.807) is 14.1 Å². The molecule has 1 aliphatic heterocycles. The highest BCUT2D eigenvalue weighted by molar-refractivity contribution is 14.0. The van der Waals surface area contributed by atoms with Crippen molar-refractivity contribution < 1.29 is 4.79 Å². The van der Waals surface area contributed by atoms with E-state index in [1.807, 2.05) is 24.3 Å². The Bertz CT molecular complexity index is 864. The number of nitrogens with zero attached hydrogens (tertiary/aromatic N) is 2. The van der Waals surface area contributed by atoms with Gasteiger partial charge in [0, 0.05) is 45.0 Å². The summed E-state index contributed by atoms with van der Waals surface area (Å²) in [6, 6.07) is 16.4. The summed E-state index contributed by atoms with van der Waals surface area (Å²) in [4.78, 5) is 18.6. The molecule has 0 bridgehead atoms. The molecule has 0 aliphatic carbocycles. The summed E-state index contributed by atoms with van der Waals surface area (Å²) >= 11 is 0. The van der Waals surface area contributed by atoms with E-state index in [4.69, 9.17) is 0 Å². The molecule has 1 unspecified atom stereocenters. The zero-order chi connectivity index (χ0) is 20.6. The molecule has 0 saturated carbocycles. The highest BCUT2D eigenvalue weighted by Gasteiger charge is 2.14. The van der Waals surface area contributed by atoms with Gasteiger partial charge >= 0.3 is 0 Å². The van der Waals surface area contributed by atoms with Crippen molar-refractivity contribution in [3.05, 3.63) is 65.2 Å². The van der Waals surface area contributed by atoms with Crippen LogP contribution < -0.4 is 20.9 Å². The van der Waals surface area contributed by atoms with Crippen LogP contribution in [0, 0.1) is 0 Å². The number of hydrogen-bond acceptors (Lipinski definition) is 3. The molecule has 30 heavy (non-hydrogen) atoms. The molecule has 0 radical (unpaired) electrons. The maximum atomic E-state index is 11.8. The Balaban J connectivity index is 0.00000320. The number of benzene rings is 2. The number of amides is 1. The van der Waals surface area contributed by atoms with E-state index < -0.39 is 0 Å². The maximum Gasteiger partial charge on any atom is 0.251 e. The molecule has 0 spiro atoms. The van der Waals surface area contributed by atoms with Crippen molar-refractivity contribution in [2.75, 3.05) is 32.1 Å². The van der Waals surface area contributed by atoms with E-state index in [9.17, 15) is 4.79 Å². The van der Waals surface area contributed by atoms with Gasteiger partial charge in [0.1, 0.15) is 0 Å². The molecule has 1 atom stereocenters. The van der Waals surface area contributed by atoms with E-state index in [2.05, 4.69) is 57.0 Å². The quantitative estimate of drug-likeness (QED) is 0.308. The zero-order valence-corrected chi connectivity index (χ0v) is 20.3. The standard InChI is InChI=1S/C23H31N5O.HI/c1-17(19-9-7-11-21(15-19)28-12-4-5-13-28)27-23(25-3)26-16-18-8-6-10-20(14-18)22(29)24-2;/h6-11,14-15,17H,4-5,12-13,16H2,1-3H3,(H,24,29)(H2,25,26,27);1H. The first-order valence-corrected chi connectivity index (χ1v) is 10.2. The van der Waals surface area contributed by atoms with Gasteiger partial charge in [-0.25, -0.2) is 0 Å². The third kappa shape index (κ3) is 6.35. The van der Waals surface area contributed by atoms with Gasteiger partial charge in [-0.2, -0.15) is 0 Å². The van der Waals surface area contributed by atoms with Crippen molar-refractivity contribution in [2.24, 2.45) is 4.99 Å². The monoisotopic (exact) mass is 521 g/mol. The van der Waals surface area contributed by atoms with Crippen LogP contribution in [0.1, 0.15) is 47.3 Å². The number of carbonyl (C=O) groups is 1. The van der Waals surface area contributed by atoms with Crippen LogP contribution in [0.5, 0.6) is 0 Å². The number of nitrogens with one attached hydrogen (secondary N) is 3. The Morgan fingerprint density at radius 1 is 1.13 bits per heavy atom. The van der Waals surface area contributed by atoms with Crippen LogP contribution in [0.2, 0.25) is 0 Å². The van der Waals surface area contributed by atoms with Crippen molar-refractivity contribution in [1.29, 1.82) is 0 Å².